The van der Waals surface area contributed by atoms with Crippen LogP contribution in [0.25, 0.3) is 44.6 Å². The van der Waals surface area contributed by atoms with Crippen LogP contribution in [0.5, 0.6) is 0 Å². The van der Waals surface area contributed by atoms with E-state index in [1.807, 2.05) is 0 Å². The van der Waals surface area contributed by atoms with Crippen LogP contribution < -0.4 is 11.1 Å². The molecule has 256 valence electrons. The van der Waals surface area contributed by atoms with Gasteiger partial charge in [-0.3, -0.25) is 23.5 Å². The number of carbonyl (C=O) groups excluding carboxylic acids is 1. The number of benzene rings is 4. The van der Waals surface area contributed by atoms with Crippen molar-refractivity contribution in [3.63, 3.8) is 0 Å². The van der Waals surface area contributed by atoms with Crippen molar-refractivity contribution in [2.75, 3.05) is 0 Å². The molecule has 0 radical (unpaired) electrons. The van der Waals surface area contributed by atoms with Gasteiger partial charge in [0.2, 0.25) is 0 Å². The fraction of sp³-hybridized carbons (Fsp3) is 0.118. The van der Waals surface area contributed by atoms with Crippen LogP contribution in [-0.2, 0) is 26.4 Å². The average Bonchev–Trinajstić information content (AvgIpc) is 3.07. The van der Waals surface area contributed by atoms with Crippen LogP contribution in [-0.4, -0.2) is 35.4 Å². The minimum absolute atomic E-state index is 0.00830. The van der Waals surface area contributed by atoms with Crippen molar-refractivity contribution in [1.29, 1.82) is 0 Å². The molecule has 2 aromatic heterocycles. The number of carboxylic acid groups (broad SMARTS) is 1. The van der Waals surface area contributed by atoms with E-state index in [1.165, 1.54) is 74.8 Å². The fourth-order valence-corrected chi connectivity index (χ4v) is 5.26. The largest absolute Gasteiger partial charge is 0.478 e. The second-order valence-corrected chi connectivity index (χ2v) is 11.1. The first-order valence-electron chi connectivity index (χ1n) is 14.2. The highest BCUT2D eigenvalue weighted by Gasteiger charge is 2.32. The molecule has 4 aromatic carbocycles. The summed E-state index contributed by atoms with van der Waals surface area (Å²) in [6.07, 6.45) is -9.07. The summed E-state index contributed by atoms with van der Waals surface area (Å²) in [5, 5.41) is 8.69. The number of nitrogens with zero attached hydrogens (tertiary/aromatic N) is 4. The van der Waals surface area contributed by atoms with Crippen molar-refractivity contribution >= 4 is 44.6 Å². The number of rotatable bonds is 4. The molecule has 0 amide bonds. The van der Waals surface area contributed by atoms with Gasteiger partial charge in [-0.2, -0.15) is 26.3 Å². The monoisotopic (exact) mass is 714 g/mol. The van der Waals surface area contributed by atoms with Crippen molar-refractivity contribution in [2.24, 2.45) is 14.1 Å². The van der Waals surface area contributed by atoms with Gasteiger partial charge in [0.15, 0.2) is 0 Å². The Labute approximate surface area is 281 Å². The summed E-state index contributed by atoms with van der Waals surface area (Å²) < 4.78 is 79.8. The Kier molecular flexibility index (Phi) is 9.39. The van der Waals surface area contributed by atoms with Crippen LogP contribution in [0.3, 0.4) is 0 Å². The lowest BCUT2D eigenvalue weighted by Gasteiger charge is -2.12. The van der Waals surface area contributed by atoms with E-state index < -0.39 is 45.8 Å². The molecule has 0 saturated carbocycles. The van der Waals surface area contributed by atoms with Crippen molar-refractivity contribution in [3.8, 4) is 22.8 Å². The highest BCUT2D eigenvalue weighted by Crippen LogP contribution is 2.33. The Morgan fingerprint density at radius 3 is 1.40 bits per heavy atom. The second kappa shape index (κ2) is 13.2. The van der Waals surface area contributed by atoms with Crippen LogP contribution in [0.4, 0.5) is 26.3 Å². The lowest BCUT2D eigenvalue weighted by Crippen LogP contribution is -2.21. The predicted octanol–water partition coefficient (Wildman–Crippen LogP) is 7.32. The summed E-state index contributed by atoms with van der Waals surface area (Å²) in [5.41, 5.74) is -2.79. The number of alkyl halides is 6. The van der Waals surface area contributed by atoms with Crippen molar-refractivity contribution < 1.29 is 41.0 Å². The van der Waals surface area contributed by atoms with E-state index in [-0.39, 0.29) is 55.7 Å². The SMILES string of the molecule is Cn1c(-c2cccc(C(F)(F)F)c2)nc2c(C(=O)Cl)cccc2c1=O.Cn1c(-c2cccc(C(F)(F)F)c2)nc2c(C(=O)O)cccc2c1=O. The Bertz CT molecular complexity index is 2280. The van der Waals surface area contributed by atoms with E-state index in [9.17, 15) is 50.6 Å². The van der Waals surface area contributed by atoms with Gasteiger partial charge in [-0.25, -0.2) is 14.8 Å². The topological polar surface area (TPSA) is 124 Å². The van der Waals surface area contributed by atoms with Crippen LogP contribution in [0, 0.1) is 0 Å². The number of fused-ring (bicyclic) bond motifs is 2. The molecule has 0 spiro atoms. The molecule has 0 aliphatic heterocycles. The first-order valence-corrected chi connectivity index (χ1v) is 14.6. The maximum atomic E-state index is 12.9. The number of carboxylic acids is 1. The maximum absolute atomic E-state index is 12.9. The molecule has 0 aliphatic rings. The number of aromatic nitrogens is 4. The summed E-state index contributed by atoms with van der Waals surface area (Å²) in [6, 6.07) is 17.3. The van der Waals surface area contributed by atoms with E-state index in [4.69, 9.17) is 11.6 Å². The van der Waals surface area contributed by atoms with E-state index >= 15 is 0 Å². The lowest BCUT2D eigenvalue weighted by atomic mass is 10.1. The van der Waals surface area contributed by atoms with E-state index in [2.05, 4.69) is 9.97 Å². The number of hydrogen-bond donors (Lipinski definition) is 1. The zero-order valence-corrected chi connectivity index (χ0v) is 26.4. The number of halogens is 7. The summed E-state index contributed by atoms with van der Waals surface area (Å²) in [5.74, 6) is -1.31. The van der Waals surface area contributed by atoms with Crippen LogP contribution >= 0.6 is 11.6 Å². The molecule has 0 saturated heterocycles. The Hall–Kier alpha value is -5.83. The fourth-order valence-electron chi connectivity index (χ4n) is 5.11. The zero-order valence-electron chi connectivity index (χ0n) is 25.6. The van der Waals surface area contributed by atoms with Gasteiger partial charge in [0.25, 0.3) is 16.4 Å². The van der Waals surface area contributed by atoms with Crippen molar-refractivity contribution in [2.45, 2.75) is 12.4 Å². The molecule has 6 rings (SSSR count). The Morgan fingerprint density at radius 2 is 1.02 bits per heavy atom. The van der Waals surface area contributed by atoms with Gasteiger partial charge in [-0.05, 0) is 60.1 Å². The molecular weight excluding hydrogens is 694 g/mol. The average molecular weight is 715 g/mol. The quantitative estimate of drug-likeness (QED) is 0.150. The zero-order chi connectivity index (χ0) is 36.7. The molecule has 2 heterocycles. The minimum Gasteiger partial charge on any atom is -0.478 e. The number of aromatic carboxylic acids is 1. The minimum atomic E-state index is -4.54. The van der Waals surface area contributed by atoms with Gasteiger partial charge in [0.1, 0.15) is 11.6 Å². The van der Waals surface area contributed by atoms with E-state index in [0.717, 1.165) is 33.4 Å². The van der Waals surface area contributed by atoms with Crippen LogP contribution in [0.2, 0.25) is 0 Å². The Balaban J connectivity index is 0.000000194. The third kappa shape index (κ3) is 6.85. The molecule has 1 N–H and O–H groups in total. The molecule has 6 aromatic rings. The van der Waals surface area contributed by atoms with Crippen molar-refractivity contribution in [3.05, 3.63) is 128 Å². The normalized spacial score (nSPS) is 11.7. The molecule has 50 heavy (non-hydrogen) atoms. The molecule has 0 atom stereocenters. The summed E-state index contributed by atoms with van der Waals surface area (Å²) in [6.45, 7) is 0. The third-order valence-corrected chi connectivity index (χ3v) is 7.75. The van der Waals surface area contributed by atoms with Crippen LogP contribution in [0.15, 0.2) is 94.5 Å². The number of para-hydroxylation sites is 2. The summed E-state index contributed by atoms with van der Waals surface area (Å²) in [4.78, 5) is 56.3. The smallest absolute Gasteiger partial charge is 0.416 e. The first kappa shape index (κ1) is 35.5. The molecule has 9 nitrogen and oxygen atoms in total. The molecule has 0 bridgehead atoms. The first-order chi connectivity index (χ1) is 23.4. The summed E-state index contributed by atoms with van der Waals surface area (Å²) >= 11 is 5.52. The van der Waals surface area contributed by atoms with Gasteiger partial charge >= 0.3 is 18.3 Å². The highest BCUT2D eigenvalue weighted by molar-refractivity contribution is 6.68. The number of carbonyl (C=O) groups is 2. The van der Waals surface area contributed by atoms with Crippen molar-refractivity contribution in [1.82, 2.24) is 19.1 Å². The van der Waals surface area contributed by atoms with Gasteiger partial charge < -0.3 is 5.11 Å². The van der Waals surface area contributed by atoms with E-state index in [1.54, 1.807) is 0 Å². The molecule has 16 heteroatoms. The standard InChI is InChI=1S/C17H10ClF3N2O2.C17H11F3N2O3/c1-23-15(9-4-2-5-10(8-9)17(19,20)21)22-13-11(14(18)24)6-3-7-12(13)16(23)25;1-22-14(9-4-2-5-10(8-9)17(18,19)20)21-13-11(15(22)23)6-3-7-12(13)16(24)25/h2-8H,1H3;2-8H,1H3,(H,24,25). The molecule has 0 aliphatic carbocycles. The maximum Gasteiger partial charge on any atom is 0.416 e. The highest BCUT2D eigenvalue weighted by atomic mass is 35.5. The van der Waals surface area contributed by atoms with Gasteiger partial charge in [-0.15, -0.1) is 0 Å². The van der Waals surface area contributed by atoms with Gasteiger partial charge in [-0.1, -0.05) is 36.4 Å². The lowest BCUT2D eigenvalue weighted by molar-refractivity contribution is -0.138. The molecular formula is C34H21ClF6N4O5. The summed E-state index contributed by atoms with van der Waals surface area (Å²) in [7, 11) is 2.78. The van der Waals surface area contributed by atoms with Crippen LogP contribution in [0.1, 0.15) is 31.8 Å². The van der Waals surface area contributed by atoms with Gasteiger partial charge in [0.05, 0.1) is 44.1 Å². The Morgan fingerprint density at radius 1 is 0.640 bits per heavy atom. The van der Waals surface area contributed by atoms with Gasteiger partial charge in [0, 0.05) is 25.2 Å². The predicted molar refractivity (Wildman–Crippen MR) is 172 cm³/mol. The van der Waals surface area contributed by atoms with E-state index in [0.29, 0.717) is 0 Å². The second-order valence-electron chi connectivity index (χ2n) is 10.7. The molecule has 0 fully saturated rings. The third-order valence-electron chi connectivity index (χ3n) is 7.55. The molecule has 0 unspecified atom stereocenters. The number of hydrogen-bond acceptors (Lipinski definition) is 6.